The van der Waals surface area contributed by atoms with Crippen LogP contribution in [0, 0.1) is 5.92 Å². The van der Waals surface area contributed by atoms with Crippen molar-refractivity contribution in [2.45, 2.75) is 46.1 Å². The first kappa shape index (κ1) is 17.4. The number of carboxylic acid groups (broad SMARTS) is 1. The largest absolute Gasteiger partial charge is 0.480 e. The molecule has 0 spiro atoms. The van der Waals surface area contributed by atoms with Gasteiger partial charge >= 0.3 is 5.97 Å². The molecule has 0 aliphatic heterocycles. The molecule has 1 aromatic rings. The fourth-order valence-electron chi connectivity index (χ4n) is 1.74. The van der Waals surface area contributed by atoms with Gasteiger partial charge in [0.25, 0.3) is 5.91 Å². The van der Waals surface area contributed by atoms with Gasteiger partial charge < -0.3 is 10.4 Å². The molecule has 21 heavy (non-hydrogen) atoms. The zero-order chi connectivity index (χ0) is 16.2. The van der Waals surface area contributed by atoms with Crippen LogP contribution in [0.1, 0.15) is 56.3 Å². The fourth-order valence-corrected chi connectivity index (χ4v) is 1.91. The van der Waals surface area contributed by atoms with Crippen LogP contribution in [0.4, 0.5) is 0 Å². The molecule has 0 saturated carbocycles. The lowest BCUT2D eigenvalue weighted by molar-refractivity contribution is -0.139. The molecule has 7 heteroatoms. The molecular formula is C14H20ClN3O3. The molecule has 1 heterocycles. The minimum absolute atomic E-state index is 0.00497. The quantitative estimate of drug-likeness (QED) is 0.841. The minimum atomic E-state index is -1.08. The first-order valence-electron chi connectivity index (χ1n) is 6.78. The van der Waals surface area contributed by atoms with E-state index in [9.17, 15) is 9.59 Å². The summed E-state index contributed by atoms with van der Waals surface area (Å²) in [7, 11) is 0. The number of carbonyl (C=O) groups excluding carboxylic acids is 1. The molecule has 0 aliphatic rings. The molecule has 2 N–H and O–H groups in total. The van der Waals surface area contributed by atoms with Gasteiger partial charge in [-0.2, -0.15) is 0 Å². The Morgan fingerprint density at radius 3 is 2.43 bits per heavy atom. The van der Waals surface area contributed by atoms with E-state index in [0.717, 1.165) is 0 Å². The molecule has 0 saturated heterocycles. The monoisotopic (exact) mass is 313 g/mol. The molecule has 0 aliphatic carbocycles. The highest BCUT2D eigenvalue weighted by molar-refractivity contribution is 6.33. The van der Waals surface area contributed by atoms with Crippen LogP contribution in [0.2, 0.25) is 5.02 Å². The van der Waals surface area contributed by atoms with Crippen LogP contribution >= 0.6 is 11.6 Å². The highest BCUT2D eigenvalue weighted by Gasteiger charge is 2.24. The highest BCUT2D eigenvalue weighted by Crippen LogP contribution is 2.17. The Morgan fingerprint density at radius 1 is 1.33 bits per heavy atom. The van der Waals surface area contributed by atoms with E-state index in [2.05, 4.69) is 15.3 Å². The molecule has 1 amide bonds. The molecule has 1 atom stereocenters. The number of nitrogens with one attached hydrogen (secondary N) is 1. The van der Waals surface area contributed by atoms with Crippen LogP contribution < -0.4 is 5.32 Å². The second-order valence-corrected chi connectivity index (χ2v) is 5.98. The first-order valence-corrected chi connectivity index (χ1v) is 7.16. The summed E-state index contributed by atoms with van der Waals surface area (Å²) in [4.78, 5) is 31.5. The summed E-state index contributed by atoms with van der Waals surface area (Å²) in [6.45, 7) is 7.56. The maximum absolute atomic E-state index is 12.2. The van der Waals surface area contributed by atoms with Gasteiger partial charge in [-0.15, -0.1) is 0 Å². The van der Waals surface area contributed by atoms with Crippen molar-refractivity contribution in [2.24, 2.45) is 5.92 Å². The number of nitrogens with zero attached hydrogens (tertiary/aromatic N) is 2. The summed E-state index contributed by atoms with van der Waals surface area (Å²) >= 11 is 5.93. The van der Waals surface area contributed by atoms with E-state index < -0.39 is 17.9 Å². The molecule has 116 valence electrons. The van der Waals surface area contributed by atoms with Crippen molar-refractivity contribution < 1.29 is 14.7 Å². The van der Waals surface area contributed by atoms with Crippen LogP contribution in [-0.4, -0.2) is 33.0 Å². The lowest BCUT2D eigenvalue weighted by atomic mass is 10.0. The van der Waals surface area contributed by atoms with Gasteiger partial charge in [-0.3, -0.25) is 4.79 Å². The topological polar surface area (TPSA) is 92.2 Å². The average molecular weight is 314 g/mol. The van der Waals surface area contributed by atoms with Crippen molar-refractivity contribution >= 4 is 23.5 Å². The Labute approximate surface area is 128 Å². The minimum Gasteiger partial charge on any atom is -0.480 e. The zero-order valence-electron chi connectivity index (χ0n) is 12.6. The Kier molecular flexibility index (Phi) is 6.08. The summed E-state index contributed by atoms with van der Waals surface area (Å²) in [5.41, 5.74) is 0.00497. The number of hydrogen-bond donors (Lipinski definition) is 2. The van der Waals surface area contributed by atoms with Gasteiger partial charge in [-0.1, -0.05) is 39.3 Å². The van der Waals surface area contributed by atoms with Gasteiger partial charge in [-0.25, -0.2) is 14.8 Å². The number of halogens is 1. The number of aromatic nitrogens is 2. The molecule has 6 nitrogen and oxygen atoms in total. The van der Waals surface area contributed by atoms with Gasteiger partial charge in [0.1, 0.15) is 17.6 Å². The molecular weight excluding hydrogens is 294 g/mol. The normalized spacial score (nSPS) is 12.5. The second kappa shape index (κ2) is 7.36. The molecule has 1 aromatic heterocycles. The Hall–Kier alpha value is -1.69. The van der Waals surface area contributed by atoms with Gasteiger partial charge in [0.05, 0.1) is 11.2 Å². The number of hydrogen-bond acceptors (Lipinski definition) is 4. The maximum atomic E-state index is 12.2. The number of carboxylic acids is 1. The van der Waals surface area contributed by atoms with E-state index in [1.807, 2.05) is 27.7 Å². The fraction of sp³-hybridized carbons (Fsp3) is 0.571. The molecule has 1 rings (SSSR count). The van der Waals surface area contributed by atoms with Crippen molar-refractivity contribution in [2.75, 3.05) is 0 Å². The van der Waals surface area contributed by atoms with Crippen molar-refractivity contribution in [3.8, 4) is 0 Å². The molecule has 0 bridgehead atoms. The zero-order valence-corrected chi connectivity index (χ0v) is 13.3. The van der Waals surface area contributed by atoms with E-state index in [4.69, 9.17) is 16.7 Å². The van der Waals surface area contributed by atoms with Gasteiger partial charge in [0.2, 0.25) is 0 Å². The van der Waals surface area contributed by atoms with E-state index in [1.165, 1.54) is 6.20 Å². The van der Waals surface area contributed by atoms with Crippen LogP contribution in [0.5, 0.6) is 0 Å². The lowest BCUT2D eigenvalue weighted by Crippen LogP contribution is -2.42. The highest BCUT2D eigenvalue weighted by atomic mass is 35.5. The van der Waals surface area contributed by atoms with Crippen molar-refractivity contribution in [1.29, 1.82) is 0 Å². The smallest absolute Gasteiger partial charge is 0.326 e. The Balaban J connectivity index is 2.97. The summed E-state index contributed by atoms with van der Waals surface area (Å²) < 4.78 is 0. The average Bonchev–Trinajstić information content (AvgIpc) is 2.37. The first-order chi connectivity index (χ1) is 9.72. The molecule has 0 fully saturated rings. The third-order valence-electron chi connectivity index (χ3n) is 2.80. The van der Waals surface area contributed by atoms with E-state index in [1.54, 1.807) is 0 Å². The van der Waals surface area contributed by atoms with E-state index in [0.29, 0.717) is 12.2 Å². The third-order valence-corrected chi connectivity index (χ3v) is 3.08. The van der Waals surface area contributed by atoms with Gasteiger partial charge in [0, 0.05) is 5.92 Å². The lowest BCUT2D eigenvalue weighted by Gasteiger charge is -2.16. The van der Waals surface area contributed by atoms with Crippen LogP contribution in [0.3, 0.4) is 0 Å². The predicted molar refractivity (Wildman–Crippen MR) is 79.5 cm³/mol. The van der Waals surface area contributed by atoms with Crippen LogP contribution in [0.15, 0.2) is 6.20 Å². The Bertz CT molecular complexity index is 532. The third kappa shape index (κ3) is 4.97. The number of aliphatic carboxylic acids is 1. The number of rotatable bonds is 6. The SMILES string of the molecule is CC(C)CC(NC(=O)c1nc(C(C)C)ncc1Cl)C(=O)O. The standard InChI is InChI=1S/C14H20ClN3O3/c1-7(2)5-10(14(20)21)17-13(19)11-9(15)6-16-12(18-11)8(3)4/h6-8,10H,5H2,1-4H3,(H,17,19)(H,20,21). The van der Waals surface area contributed by atoms with Crippen LogP contribution in [0.25, 0.3) is 0 Å². The maximum Gasteiger partial charge on any atom is 0.326 e. The molecule has 1 unspecified atom stereocenters. The van der Waals surface area contributed by atoms with Gasteiger partial charge in [-0.05, 0) is 12.3 Å². The van der Waals surface area contributed by atoms with Crippen molar-refractivity contribution in [3.05, 3.63) is 22.7 Å². The second-order valence-electron chi connectivity index (χ2n) is 5.57. The van der Waals surface area contributed by atoms with E-state index >= 15 is 0 Å². The van der Waals surface area contributed by atoms with Crippen molar-refractivity contribution in [1.82, 2.24) is 15.3 Å². The summed E-state index contributed by atoms with van der Waals surface area (Å²) in [6, 6.07) is -0.967. The summed E-state index contributed by atoms with van der Waals surface area (Å²) in [5.74, 6) is -1.01. The molecule has 0 aromatic carbocycles. The van der Waals surface area contributed by atoms with Gasteiger partial charge in [0.15, 0.2) is 0 Å². The Morgan fingerprint density at radius 2 is 1.95 bits per heavy atom. The number of amides is 1. The summed E-state index contributed by atoms with van der Waals surface area (Å²) in [5, 5.41) is 11.7. The predicted octanol–water partition coefficient (Wildman–Crippen LogP) is 2.48. The molecule has 0 radical (unpaired) electrons. The van der Waals surface area contributed by atoms with Crippen LogP contribution in [-0.2, 0) is 4.79 Å². The summed E-state index contributed by atoms with van der Waals surface area (Å²) in [6.07, 6.45) is 1.69. The van der Waals surface area contributed by atoms with Crippen molar-refractivity contribution in [3.63, 3.8) is 0 Å². The van der Waals surface area contributed by atoms with E-state index in [-0.39, 0.29) is 22.6 Å². The number of carbonyl (C=O) groups is 2.